The Bertz CT molecular complexity index is 541. The van der Waals surface area contributed by atoms with E-state index in [4.69, 9.17) is 4.74 Å². The third-order valence-electron chi connectivity index (χ3n) is 2.80. The van der Waals surface area contributed by atoms with Crippen molar-refractivity contribution in [2.24, 2.45) is 0 Å². The van der Waals surface area contributed by atoms with Crippen LogP contribution in [0.25, 0.3) is 0 Å². The van der Waals surface area contributed by atoms with Gasteiger partial charge in [-0.1, -0.05) is 36.8 Å². The lowest BCUT2D eigenvalue weighted by molar-refractivity contribution is 0.0734. The van der Waals surface area contributed by atoms with Crippen LogP contribution in [-0.4, -0.2) is 5.97 Å². The zero-order chi connectivity index (χ0) is 13.0. The second-order valence-electron chi connectivity index (χ2n) is 4.26. The van der Waals surface area contributed by atoms with Gasteiger partial charge >= 0.3 is 5.97 Å². The predicted octanol–water partition coefficient (Wildman–Crippen LogP) is 3.78. The van der Waals surface area contributed by atoms with E-state index in [0.29, 0.717) is 11.3 Å². The first kappa shape index (κ1) is 12.4. The molecular formula is C16H16O2. The van der Waals surface area contributed by atoms with Crippen molar-refractivity contribution in [3.63, 3.8) is 0 Å². The Kier molecular flexibility index (Phi) is 3.78. The van der Waals surface area contributed by atoms with Gasteiger partial charge in [0.05, 0.1) is 5.56 Å². The number of ether oxygens (including phenoxy) is 1. The lowest BCUT2D eigenvalue weighted by Crippen LogP contribution is -2.08. The molecule has 2 aromatic rings. The van der Waals surface area contributed by atoms with Gasteiger partial charge in [0.15, 0.2) is 0 Å². The van der Waals surface area contributed by atoms with Crippen molar-refractivity contribution in [3.8, 4) is 5.75 Å². The topological polar surface area (TPSA) is 26.3 Å². The van der Waals surface area contributed by atoms with Gasteiger partial charge in [-0.05, 0) is 43.2 Å². The summed E-state index contributed by atoms with van der Waals surface area (Å²) in [5.41, 5.74) is 2.85. The van der Waals surface area contributed by atoms with Crippen molar-refractivity contribution in [2.75, 3.05) is 0 Å². The number of rotatable bonds is 3. The van der Waals surface area contributed by atoms with Crippen LogP contribution in [0.4, 0.5) is 0 Å². The summed E-state index contributed by atoms with van der Waals surface area (Å²) in [5.74, 6) is 0.281. The standard InChI is InChI=1S/C16H16O2/c1-3-13-5-4-6-15(11-13)18-16(17)14-9-7-12(2)8-10-14/h4-11H,3H2,1-2H3. The first-order chi connectivity index (χ1) is 8.69. The van der Waals surface area contributed by atoms with E-state index >= 15 is 0 Å². The zero-order valence-corrected chi connectivity index (χ0v) is 10.6. The normalized spacial score (nSPS) is 10.1. The van der Waals surface area contributed by atoms with Gasteiger partial charge in [0.1, 0.15) is 5.75 Å². The van der Waals surface area contributed by atoms with E-state index < -0.39 is 0 Å². The average molecular weight is 240 g/mol. The molecule has 18 heavy (non-hydrogen) atoms. The molecule has 2 rings (SSSR count). The molecule has 0 saturated heterocycles. The molecule has 0 atom stereocenters. The fourth-order valence-electron chi connectivity index (χ4n) is 1.68. The smallest absolute Gasteiger partial charge is 0.343 e. The molecule has 0 spiro atoms. The number of hydrogen-bond donors (Lipinski definition) is 0. The summed E-state index contributed by atoms with van der Waals surface area (Å²) in [6, 6.07) is 15.0. The van der Waals surface area contributed by atoms with E-state index in [9.17, 15) is 4.79 Å². The van der Waals surface area contributed by atoms with Crippen LogP contribution in [0, 0.1) is 6.92 Å². The van der Waals surface area contributed by atoms with Crippen LogP contribution in [0.15, 0.2) is 48.5 Å². The molecule has 2 nitrogen and oxygen atoms in total. The van der Waals surface area contributed by atoms with Gasteiger partial charge in [0, 0.05) is 0 Å². The lowest BCUT2D eigenvalue weighted by Gasteiger charge is -2.06. The lowest BCUT2D eigenvalue weighted by atomic mass is 10.1. The molecule has 2 heteroatoms. The quantitative estimate of drug-likeness (QED) is 0.603. The highest BCUT2D eigenvalue weighted by Gasteiger charge is 2.08. The van der Waals surface area contributed by atoms with Crippen LogP contribution >= 0.6 is 0 Å². The molecule has 0 bridgehead atoms. The highest BCUT2D eigenvalue weighted by molar-refractivity contribution is 5.91. The van der Waals surface area contributed by atoms with Crippen LogP contribution in [0.2, 0.25) is 0 Å². The summed E-state index contributed by atoms with van der Waals surface area (Å²) in [5, 5.41) is 0. The molecule has 0 aliphatic carbocycles. The Balaban J connectivity index is 2.13. The highest BCUT2D eigenvalue weighted by atomic mass is 16.5. The number of esters is 1. The monoisotopic (exact) mass is 240 g/mol. The van der Waals surface area contributed by atoms with Gasteiger partial charge in [-0.2, -0.15) is 0 Å². The van der Waals surface area contributed by atoms with Crippen molar-refractivity contribution in [3.05, 3.63) is 65.2 Å². The first-order valence-corrected chi connectivity index (χ1v) is 6.07. The summed E-state index contributed by atoms with van der Waals surface area (Å²) in [7, 11) is 0. The van der Waals surface area contributed by atoms with E-state index in [1.54, 1.807) is 18.2 Å². The Labute approximate surface area is 107 Å². The number of aryl methyl sites for hydroxylation is 2. The minimum absolute atomic E-state index is 0.316. The fourth-order valence-corrected chi connectivity index (χ4v) is 1.68. The van der Waals surface area contributed by atoms with Gasteiger partial charge in [0.2, 0.25) is 0 Å². The summed E-state index contributed by atoms with van der Waals surface area (Å²) in [4.78, 5) is 11.9. The third kappa shape index (κ3) is 2.98. The first-order valence-electron chi connectivity index (χ1n) is 6.07. The Morgan fingerprint density at radius 2 is 1.83 bits per heavy atom. The molecule has 0 saturated carbocycles. The molecule has 0 aliphatic heterocycles. The molecule has 0 N–H and O–H groups in total. The van der Waals surface area contributed by atoms with E-state index in [1.165, 1.54) is 0 Å². The summed E-state index contributed by atoms with van der Waals surface area (Å²) in [6.45, 7) is 4.06. The number of carbonyl (C=O) groups is 1. The molecule has 0 fully saturated rings. The number of benzene rings is 2. The molecular weight excluding hydrogens is 224 g/mol. The van der Waals surface area contributed by atoms with Gasteiger partial charge in [-0.25, -0.2) is 4.79 Å². The van der Waals surface area contributed by atoms with Crippen molar-refractivity contribution in [2.45, 2.75) is 20.3 Å². The van der Waals surface area contributed by atoms with Crippen LogP contribution in [0.5, 0.6) is 5.75 Å². The molecule has 0 aliphatic rings. The molecule has 0 amide bonds. The summed E-state index contributed by atoms with van der Waals surface area (Å²) >= 11 is 0. The van der Waals surface area contributed by atoms with E-state index in [-0.39, 0.29) is 5.97 Å². The Morgan fingerprint density at radius 1 is 1.11 bits per heavy atom. The number of carbonyl (C=O) groups excluding carboxylic acids is 1. The van der Waals surface area contributed by atoms with Crippen molar-refractivity contribution >= 4 is 5.97 Å². The van der Waals surface area contributed by atoms with Gasteiger partial charge < -0.3 is 4.74 Å². The minimum atomic E-state index is -0.316. The van der Waals surface area contributed by atoms with Crippen molar-refractivity contribution < 1.29 is 9.53 Å². The maximum Gasteiger partial charge on any atom is 0.343 e. The maximum absolute atomic E-state index is 11.9. The minimum Gasteiger partial charge on any atom is -0.423 e. The summed E-state index contributed by atoms with van der Waals surface area (Å²) in [6.07, 6.45) is 0.927. The van der Waals surface area contributed by atoms with E-state index in [0.717, 1.165) is 17.5 Å². The maximum atomic E-state index is 11.9. The Hall–Kier alpha value is -2.09. The van der Waals surface area contributed by atoms with E-state index in [1.807, 2.05) is 37.3 Å². The number of hydrogen-bond acceptors (Lipinski definition) is 2. The van der Waals surface area contributed by atoms with Crippen LogP contribution in [0.1, 0.15) is 28.4 Å². The van der Waals surface area contributed by atoms with Gasteiger partial charge in [-0.3, -0.25) is 0 Å². The largest absolute Gasteiger partial charge is 0.423 e. The van der Waals surface area contributed by atoms with Crippen LogP contribution in [0.3, 0.4) is 0 Å². The highest BCUT2D eigenvalue weighted by Crippen LogP contribution is 2.15. The predicted molar refractivity (Wildman–Crippen MR) is 72.0 cm³/mol. The molecule has 2 aromatic carbocycles. The summed E-state index contributed by atoms with van der Waals surface area (Å²) < 4.78 is 5.34. The van der Waals surface area contributed by atoms with Crippen LogP contribution < -0.4 is 4.74 Å². The fraction of sp³-hybridized carbons (Fsp3) is 0.188. The average Bonchev–Trinajstić information content (AvgIpc) is 2.39. The van der Waals surface area contributed by atoms with Gasteiger partial charge in [0.25, 0.3) is 0 Å². The SMILES string of the molecule is CCc1cccc(OC(=O)c2ccc(C)cc2)c1. The van der Waals surface area contributed by atoms with E-state index in [2.05, 4.69) is 6.92 Å². The van der Waals surface area contributed by atoms with Crippen LogP contribution in [-0.2, 0) is 6.42 Å². The molecule has 0 heterocycles. The molecule has 92 valence electrons. The zero-order valence-electron chi connectivity index (χ0n) is 10.6. The molecule has 0 unspecified atom stereocenters. The van der Waals surface area contributed by atoms with Crippen molar-refractivity contribution in [1.82, 2.24) is 0 Å². The second-order valence-corrected chi connectivity index (χ2v) is 4.26. The molecule has 0 radical (unpaired) electrons. The second kappa shape index (κ2) is 5.50. The van der Waals surface area contributed by atoms with Crippen molar-refractivity contribution in [1.29, 1.82) is 0 Å². The third-order valence-corrected chi connectivity index (χ3v) is 2.80. The Morgan fingerprint density at radius 3 is 2.50 bits per heavy atom. The molecule has 0 aromatic heterocycles. The van der Waals surface area contributed by atoms with Gasteiger partial charge in [-0.15, -0.1) is 0 Å².